The van der Waals surface area contributed by atoms with Crippen LogP contribution >= 0.6 is 0 Å². The molecule has 160 valence electrons. The predicted molar refractivity (Wildman–Crippen MR) is 101 cm³/mol. The number of alkyl halides is 3. The van der Waals surface area contributed by atoms with E-state index in [0.29, 0.717) is 0 Å². The molecule has 0 amide bonds. The first kappa shape index (κ1) is 20.5. The number of sulfonamides is 1. The van der Waals surface area contributed by atoms with E-state index in [-0.39, 0.29) is 10.4 Å². The number of ether oxygens (including phenoxy) is 1. The maximum Gasteiger partial charge on any atom is 0.573 e. The molecule has 0 radical (unpaired) electrons. The number of nitrogens with one attached hydrogen (secondary N) is 1. The fourth-order valence-corrected chi connectivity index (χ4v) is 6.52. The molecule has 0 saturated heterocycles. The lowest BCUT2D eigenvalue weighted by atomic mass is 9.53. The summed E-state index contributed by atoms with van der Waals surface area (Å²) in [4.78, 5) is -0.202. The minimum Gasteiger partial charge on any atom is -0.406 e. The van der Waals surface area contributed by atoms with Crippen LogP contribution in [0.5, 0.6) is 5.75 Å². The molecule has 0 aliphatic heterocycles. The van der Waals surface area contributed by atoms with Gasteiger partial charge in [0.2, 0.25) is 0 Å². The molecule has 4 aliphatic carbocycles. The van der Waals surface area contributed by atoms with Crippen LogP contribution in [-0.4, -0.2) is 38.7 Å². The summed E-state index contributed by atoms with van der Waals surface area (Å²) in [5, 5.41) is 1.59. The SMILES string of the molecule is CN(/C=N/S(=O)(=O)c1ccc(OC(F)(F)F)cc1)NC12CC3CC(CC(C3)C1)C2. The Bertz CT molecular complexity index is 849. The highest BCUT2D eigenvalue weighted by Gasteiger charge is 2.51. The first-order valence-corrected chi connectivity index (χ1v) is 11.1. The van der Waals surface area contributed by atoms with E-state index in [1.807, 2.05) is 0 Å². The topological polar surface area (TPSA) is 71.0 Å². The lowest BCUT2D eigenvalue weighted by molar-refractivity contribution is -0.274. The van der Waals surface area contributed by atoms with E-state index in [0.717, 1.165) is 61.3 Å². The molecular formula is C19H24F3N3O3S. The molecule has 6 nitrogen and oxygen atoms in total. The Labute approximate surface area is 168 Å². The van der Waals surface area contributed by atoms with Crippen molar-refractivity contribution in [1.82, 2.24) is 10.4 Å². The second-order valence-corrected chi connectivity index (χ2v) is 10.3. The molecule has 0 aromatic heterocycles. The summed E-state index contributed by atoms with van der Waals surface area (Å²) < 4.78 is 68.8. The van der Waals surface area contributed by atoms with Gasteiger partial charge >= 0.3 is 6.36 Å². The summed E-state index contributed by atoms with van der Waals surface area (Å²) in [6.45, 7) is 0. The molecule has 0 spiro atoms. The molecule has 4 bridgehead atoms. The third kappa shape index (κ3) is 4.69. The first-order chi connectivity index (χ1) is 13.5. The molecule has 0 unspecified atom stereocenters. The van der Waals surface area contributed by atoms with Gasteiger partial charge < -0.3 is 9.75 Å². The quantitative estimate of drug-likeness (QED) is 0.422. The Kier molecular flexibility index (Phi) is 5.05. The van der Waals surface area contributed by atoms with Crippen molar-refractivity contribution in [2.24, 2.45) is 22.2 Å². The first-order valence-electron chi connectivity index (χ1n) is 9.69. The highest BCUT2D eigenvalue weighted by Crippen LogP contribution is 2.55. The van der Waals surface area contributed by atoms with Crippen molar-refractivity contribution in [2.45, 2.75) is 55.3 Å². The van der Waals surface area contributed by atoms with Crippen LogP contribution in [0, 0.1) is 17.8 Å². The number of hydrazine groups is 1. The molecule has 5 rings (SSSR count). The molecular weight excluding hydrogens is 407 g/mol. The Hall–Kier alpha value is -1.81. The van der Waals surface area contributed by atoms with E-state index in [4.69, 9.17) is 0 Å². The molecule has 1 aromatic rings. The van der Waals surface area contributed by atoms with Crippen molar-refractivity contribution in [3.8, 4) is 5.75 Å². The Morgan fingerprint density at radius 3 is 2.10 bits per heavy atom. The lowest BCUT2D eigenvalue weighted by Gasteiger charge is -2.57. The van der Waals surface area contributed by atoms with Crippen LogP contribution in [0.1, 0.15) is 38.5 Å². The summed E-state index contributed by atoms with van der Waals surface area (Å²) in [5.41, 5.74) is 3.47. The number of hydrogen-bond acceptors (Lipinski definition) is 4. The summed E-state index contributed by atoms with van der Waals surface area (Å²) in [5.74, 6) is 1.77. The van der Waals surface area contributed by atoms with E-state index in [9.17, 15) is 21.6 Å². The van der Waals surface area contributed by atoms with Crippen molar-refractivity contribution < 1.29 is 26.3 Å². The minimum absolute atomic E-state index is 0.00979. The van der Waals surface area contributed by atoms with Crippen LogP contribution in [0.2, 0.25) is 0 Å². The van der Waals surface area contributed by atoms with Crippen LogP contribution in [0.25, 0.3) is 0 Å². The molecule has 1 aromatic carbocycles. The van der Waals surface area contributed by atoms with Gasteiger partial charge in [-0.1, -0.05) is 0 Å². The molecule has 1 N–H and O–H groups in total. The zero-order valence-electron chi connectivity index (χ0n) is 16.0. The van der Waals surface area contributed by atoms with Gasteiger partial charge in [-0.3, -0.25) is 0 Å². The number of nitrogens with zero attached hydrogens (tertiary/aromatic N) is 2. The van der Waals surface area contributed by atoms with Gasteiger partial charge in [-0.05, 0) is 80.5 Å². The van der Waals surface area contributed by atoms with E-state index in [1.54, 1.807) is 12.1 Å². The predicted octanol–water partition coefficient (Wildman–Crippen LogP) is 3.71. The average molecular weight is 431 g/mol. The van der Waals surface area contributed by atoms with Crippen molar-refractivity contribution in [1.29, 1.82) is 0 Å². The Balaban J connectivity index is 1.40. The Morgan fingerprint density at radius 1 is 1.10 bits per heavy atom. The van der Waals surface area contributed by atoms with E-state index in [1.165, 1.54) is 25.6 Å². The Morgan fingerprint density at radius 2 is 1.62 bits per heavy atom. The molecule has 4 aliphatic rings. The van der Waals surface area contributed by atoms with E-state index < -0.39 is 22.1 Å². The highest BCUT2D eigenvalue weighted by molar-refractivity contribution is 7.90. The molecule has 0 heterocycles. The van der Waals surface area contributed by atoms with Crippen LogP contribution in [0.3, 0.4) is 0 Å². The van der Waals surface area contributed by atoms with Crippen molar-refractivity contribution in [3.63, 3.8) is 0 Å². The summed E-state index contributed by atoms with van der Waals surface area (Å²) in [6.07, 6.45) is 3.61. The van der Waals surface area contributed by atoms with Gasteiger partial charge in [-0.2, -0.15) is 8.42 Å². The second kappa shape index (κ2) is 7.16. The number of hydrogen-bond donors (Lipinski definition) is 1. The smallest absolute Gasteiger partial charge is 0.406 e. The van der Waals surface area contributed by atoms with Crippen LogP contribution < -0.4 is 10.2 Å². The van der Waals surface area contributed by atoms with Gasteiger partial charge in [0.15, 0.2) is 0 Å². The molecule has 4 fully saturated rings. The van der Waals surface area contributed by atoms with Gasteiger partial charge in [0.1, 0.15) is 12.1 Å². The maximum absolute atomic E-state index is 12.4. The van der Waals surface area contributed by atoms with Gasteiger partial charge in [0, 0.05) is 12.6 Å². The normalized spacial score (nSPS) is 31.4. The second-order valence-electron chi connectivity index (χ2n) is 8.64. The molecule has 29 heavy (non-hydrogen) atoms. The van der Waals surface area contributed by atoms with Gasteiger partial charge in [0.05, 0.1) is 4.90 Å². The summed E-state index contributed by atoms with van der Waals surface area (Å²) in [6, 6.07) is 3.99. The third-order valence-electron chi connectivity index (χ3n) is 6.17. The number of benzene rings is 1. The van der Waals surface area contributed by atoms with Crippen molar-refractivity contribution in [3.05, 3.63) is 24.3 Å². The van der Waals surface area contributed by atoms with E-state index in [2.05, 4.69) is 14.6 Å². The zero-order valence-corrected chi connectivity index (χ0v) is 16.8. The van der Waals surface area contributed by atoms with Crippen molar-refractivity contribution >= 4 is 16.4 Å². The van der Waals surface area contributed by atoms with Gasteiger partial charge in [0.25, 0.3) is 10.0 Å². The van der Waals surface area contributed by atoms with Crippen molar-refractivity contribution in [2.75, 3.05) is 7.05 Å². The van der Waals surface area contributed by atoms with Gasteiger partial charge in [-0.15, -0.1) is 17.6 Å². The summed E-state index contributed by atoms with van der Waals surface area (Å²) >= 11 is 0. The monoisotopic (exact) mass is 431 g/mol. The highest BCUT2D eigenvalue weighted by atomic mass is 32.2. The zero-order chi connectivity index (χ0) is 20.9. The maximum atomic E-state index is 12.4. The molecule has 0 atom stereocenters. The largest absolute Gasteiger partial charge is 0.573 e. The van der Waals surface area contributed by atoms with Crippen LogP contribution in [0.15, 0.2) is 33.6 Å². The minimum atomic E-state index is -4.83. The van der Waals surface area contributed by atoms with E-state index >= 15 is 0 Å². The average Bonchev–Trinajstić information content (AvgIpc) is 2.57. The van der Waals surface area contributed by atoms with Gasteiger partial charge in [-0.25, -0.2) is 5.43 Å². The van der Waals surface area contributed by atoms with Crippen LogP contribution in [-0.2, 0) is 10.0 Å². The lowest BCUT2D eigenvalue weighted by Crippen LogP contribution is -2.61. The standard InChI is InChI=1S/C19H24F3N3O3S/c1-25(24-18-9-13-6-14(10-18)8-15(7-13)11-18)12-23-29(26,27)17-4-2-16(3-5-17)28-19(20,21)22/h2-5,12-15,24H,6-11H2,1H3/b23-12+. The summed E-state index contributed by atoms with van der Waals surface area (Å²) in [7, 11) is -2.31. The fraction of sp³-hybridized carbons (Fsp3) is 0.632. The third-order valence-corrected chi connectivity index (χ3v) is 7.41. The number of halogens is 3. The fourth-order valence-electron chi connectivity index (χ4n) is 5.66. The molecule has 4 saturated carbocycles. The van der Waals surface area contributed by atoms with Crippen LogP contribution in [0.4, 0.5) is 13.2 Å². The number of rotatable bonds is 6. The molecule has 10 heteroatoms.